The number of nitrogens with two attached hydrogens (primary N) is 1. The zero-order chi connectivity index (χ0) is 27.0. The monoisotopic (exact) mass is 543 g/mol. The van der Waals surface area contributed by atoms with E-state index in [9.17, 15) is 14.2 Å². The molecule has 2 aromatic rings. The minimum Gasteiger partial charge on any atom is -0.463 e. The number of aromatic nitrogens is 4. The number of nitrogens with zero attached hydrogens (tertiary/aromatic N) is 4. The van der Waals surface area contributed by atoms with Crippen LogP contribution in [-0.2, 0) is 37.2 Å². The van der Waals surface area contributed by atoms with Crippen LogP contribution in [-0.4, -0.2) is 64.0 Å². The Hall–Kier alpha value is -2.64. The predicted molar refractivity (Wildman–Crippen MR) is 130 cm³/mol. The highest BCUT2D eigenvalue weighted by atomic mass is 31.2. The van der Waals surface area contributed by atoms with Crippen molar-refractivity contribution in [3.8, 4) is 5.88 Å². The van der Waals surface area contributed by atoms with Gasteiger partial charge in [-0.25, -0.2) is 9.55 Å². The van der Waals surface area contributed by atoms with Gasteiger partial charge in [-0.2, -0.15) is 9.97 Å². The lowest BCUT2D eigenvalue weighted by molar-refractivity contribution is -0.144. The summed E-state index contributed by atoms with van der Waals surface area (Å²) in [7, 11) is -3.92. The number of fused-ring (bicyclic) bond motifs is 1. The lowest BCUT2D eigenvalue weighted by atomic mass is 10.2. The standard InChI is InChI=1S/C22H34N5O9P/c1-5-18(29)31-10-11-33-37(30,32-9-8-14(2)3)34-12-16-6-7-17(36-16)27-13-24-19-20(27)25-22(23)26-21(19)35-15(4)28/h13-14,16-17H,5-12H2,1-4H3,(H2,23,25,26)/t16-,17+,37?/m0/s1. The molecular weight excluding hydrogens is 509 g/mol. The van der Waals surface area contributed by atoms with E-state index in [0.29, 0.717) is 30.8 Å². The molecule has 0 aromatic carbocycles. The van der Waals surface area contributed by atoms with Crippen LogP contribution in [0.1, 0.15) is 59.6 Å². The van der Waals surface area contributed by atoms with Crippen molar-refractivity contribution in [1.29, 1.82) is 0 Å². The first-order valence-corrected chi connectivity index (χ1v) is 13.6. The number of anilines is 1. The minimum atomic E-state index is -3.92. The zero-order valence-corrected chi connectivity index (χ0v) is 22.3. The second kappa shape index (κ2) is 13.2. The average molecular weight is 544 g/mol. The number of hydrogen-bond donors (Lipinski definition) is 1. The SMILES string of the molecule is CCC(=O)OCCOP(=O)(OCCC(C)C)OC[C@@H]1CC[C@H](n2cnc3c(OC(C)=O)nc(N)nc32)O1. The Morgan fingerprint density at radius 2 is 1.95 bits per heavy atom. The second-order valence-corrected chi connectivity index (χ2v) is 10.4. The predicted octanol–water partition coefficient (Wildman–Crippen LogP) is 3.17. The fourth-order valence-corrected chi connectivity index (χ4v) is 4.63. The van der Waals surface area contributed by atoms with Crippen molar-refractivity contribution in [3.63, 3.8) is 0 Å². The molecule has 37 heavy (non-hydrogen) atoms. The number of nitrogen functional groups attached to an aromatic ring is 1. The van der Waals surface area contributed by atoms with E-state index >= 15 is 0 Å². The molecule has 1 aliphatic heterocycles. The van der Waals surface area contributed by atoms with Crippen LogP contribution in [0.15, 0.2) is 6.33 Å². The van der Waals surface area contributed by atoms with Crippen molar-refractivity contribution in [2.24, 2.45) is 5.92 Å². The van der Waals surface area contributed by atoms with Gasteiger partial charge in [0, 0.05) is 13.3 Å². The normalized spacial score (nSPS) is 19.3. The molecule has 1 saturated heterocycles. The molecule has 15 heteroatoms. The van der Waals surface area contributed by atoms with Crippen molar-refractivity contribution in [2.75, 3.05) is 32.2 Å². The Balaban J connectivity index is 1.61. The largest absolute Gasteiger partial charge is 0.474 e. The Morgan fingerprint density at radius 1 is 1.19 bits per heavy atom. The van der Waals surface area contributed by atoms with E-state index in [1.807, 2.05) is 13.8 Å². The summed E-state index contributed by atoms with van der Waals surface area (Å²) in [6.07, 6.45) is 2.68. The summed E-state index contributed by atoms with van der Waals surface area (Å²) in [6, 6.07) is 0. The molecular formula is C22H34N5O9P. The highest BCUT2D eigenvalue weighted by Crippen LogP contribution is 2.50. The van der Waals surface area contributed by atoms with Crippen LogP contribution in [0.25, 0.3) is 11.2 Å². The fourth-order valence-electron chi connectivity index (χ4n) is 3.43. The number of rotatable bonds is 14. The van der Waals surface area contributed by atoms with Crippen LogP contribution in [0.4, 0.5) is 5.95 Å². The van der Waals surface area contributed by atoms with E-state index in [-0.39, 0.29) is 56.2 Å². The van der Waals surface area contributed by atoms with Crippen molar-refractivity contribution >= 4 is 36.9 Å². The molecule has 0 amide bonds. The summed E-state index contributed by atoms with van der Waals surface area (Å²) in [4.78, 5) is 35.1. The van der Waals surface area contributed by atoms with Crippen LogP contribution in [0.2, 0.25) is 0 Å². The van der Waals surface area contributed by atoms with Gasteiger partial charge in [0.25, 0.3) is 5.88 Å². The van der Waals surface area contributed by atoms with Gasteiger partial charge in [-0.1, -0.05) is 20.8 Å². The smallest absolute Gasteiger partial charge is 0.463 e. The highest BCUT2D eigenvalue weighted by Gasteiger charge is 2.33. The first-order valence-electron chi connectivity index (χ1n) is 12.1. The molecule has 1 fully saturated rings. The third-order valence-electron chi connectivity index (χ3n) is 5.29. The fraction of sp³-hybridized carbons (Fsp3) is 0.682. The van der Waals surface area contributed by atoms with Crippen molar-refractivity contribution < 1.29 is 41.9 Å². The van der Waals surface area contributed by atoms with Crippen molar-refractivity contribution in [3.05, 3.63) is 6.33 Å². The third kappa shape index (κ3) is 8.44. The number of hydrogen-bond acceptors (Lipinski definition) is 13. The Bertz CT molecular complexity index is 1130. The quantitative estimate of drug-likeness (QED) is 0.209. The molecule has 206 valence electrons. The maximum atomic E-state index is 13.2. The second-order valence-electron chi connectivity index (χ2n) is 8.76. The molecule has 0 aliphatic carbocycles. The van der Waals surface area contributed by atoms with Crippen LogP contribution in [0.3, 0.4) is 0 Å². The van der Waals surface area contributed by atoms with Crippen molar-refractivity contribution in [1.82, 2.24) is 19.5 Å². The summed E-state index contributed by atoms with van der Waals surface area (Å²) in [5, 5.41) is 0. The van der Waals surface area contributed by atoms with Gasteiger partial charge in [-0.3, -0.25) is 27.7 Å². The number of phosphoric acid groups is 1. The van der Waals surface area contributed by atoms with Gasteiger partial charge in [-0.15, -0.1) is 0 Å². The highest BCUT2D eigenvalue weighted by molar-refractivity contribution is 7.48. The molecule has 1 aliphatic rings. The number of carbonyl (C=O) groups is 2. The number of esters is 2. The van der Waals surface area contributed by atoms with Gasteiger partial charge < -0.3 is 19.9 Å². The summed E-state index contributed by atoms with van der Waals surface area (Å²) in [5.41, 5.74) is 6.40. The molecule has 0 bridgehead atoms. The van der Waals surface area contributed by atoms with Crippen molar-refractivity contribution in [2.45, 2.75) is 65.7 Å². The molecule has 2 aromatic heterocycles. The number of imidazole rings is 1. The van der Waals surface area contributed by atoms with E-state index in [4.69, 9.17) is 33.5 Å². The van der Waals surface area contributed by atoms with Crippen LogP contribution >= 0.6 is 7.82 Å². The van der Waals surface area contributed by atoms with E-state index in [1.54, 1.807) is 11.5 Å². The first kappa shape index (κ1) is 28.9. The van der Waals surface area contributed by atoms with Crippen LogP contribution in [0.5, 0.6) is 5.88 Å². The lowest BCUT2D eigenvalue weighted by Crippen LogP contribution is -2.18. The molecule has 0 spiro atoms. The summed E-state index contributed by atoms with van der Waals surface area (Å²) in [5.74, 6) is -0.724. The average Bonchev–Trinajstić information content (AvgIpc) is 3.47. The van der Waals surface area contributed by atoms with E-state index in [2.05, 4.69) is 15.0 Å². The third-order valence-corrected chi connectivity index (χ3v) is 6.75. The zero-order valence-electron chi connectivity index (χ0n) is 21.5. The Morgan fingerprint density at radius 3 is 2.65 bits per heavy atom. The van der Waals surface area contributed by atoms with Gasteiger partial charge in [-0.05, 0) is 25.2 Å². The molecule has 0 radical (unpaired) electrons. The van der Waals surface area contributed by atoms with Gasteiger partial charge in [0.15, 0.2) is 11.2 Å². The van der Waals surface area contributed by atoms with E-state index in [0.717, 1.165) is 0 Å². The molecule has 14 nitrogen and oxygen atoms in total. The Kier molecular flexibility index (Phi) is 10.4. The first-order chi connectivity index (χ1) is 17.6. The summed E-state index contributed by atoms with van der Waals surface area (Å²) < 4.78 is 47.4. The van der Waals surface area contributed by atoms with Gasteiger partial charge in [0.05, 0.1) is 32.3 Å². The van der Waals surface area contributed by atoms with E-state index in [1.165, 1.54) is 13.3 Å². The number of carbonyl (C=O) groups excluding carboxylic acids is 2. The maximum absolute atomic E-state index is 13.2. The number of ether oxygens (including phenoxy) is 3. The van der Waals surface area contributed by atoms with Gasteiger partial charge in [0.2, 0.25) is 5.95 Å². The molecule has 1 unspecified atom stereocenters. The lowest BCUT2D eigenvalue weighted by Gasteiger charge is -2.21. The molecule has 2 N–H and O–H groups in total. The van der Waals surface area contributed by atoms with Crippen LogP contribution in [0, 0.1) is 5.92 Å². The summed E-state index contributed by atoms with van der Waals surface area (Å²) >= 11 is 0. The van der Waals surface area contributed by atoms with Gasteiger partial charge in [0.1, 0.15) is 12.8 Å². The summed E-state index contributed by atoms with van der Waals surface area (Å²) in [6.45, 7) is 6.89. The Labute approximate surface area is 214 Å². The van der Waals surface area contributed by atoms with Crippen LogP contribution < -0.4 is 10.5 Å². The molecule has 3 heterocycles. The number of phosphoric ester groups is 1. The van der Waals surface area contributed by atoms with Gasteiger partial charge >= 0.3 is 19.8 Å². The maximum Gasteiger partial charge on any atom is 0.474 e. The minimum absolute atomic E-state index is 0.0344. The molecule has 3 atom stereocenters. The van der Waals surface area contributed by atoms with E-state index < -0.39 is 26.1 Å². The topological polar surface area (TPSA) is 176 Å². The molecule has 0 saturated carbocycles. The molecule has 3 rings (SSSR count).